The van der Waals surface area contributed by atoms with Gasteiger partial charge in [-0.05, 0) is 37.0 Å². The van der Waals surface area contributed by atoms with Gasteiger partial charge < -0.3 is 5.73 Å². The summed E-state index contributed by atoms with van der Waals surface area (Å²) in [4.78, 5) is 0. The van der Waals surface area contributed by atoms with Crippen LogP contribution in [0.2, 0.25) is 0 Å². The van der Waals surface area contributed by atoms with Crippen LogP contribution >= 0.6 is 0 Å². The molecule has 2 N–H and O–H groups in total. The molecule has 0 atom stereocenters. The Morgan fingerprint density at radius 2 is 1.86 bits per heavy atom. The highest BCUT2D eigenvalue weighted by Gasteiger charge is 2.16. The Labute approximate surface area is 86.6 Å². The number of nitrogens with two attached hydrogens (primary N) is 1. The lowest BCUT2D eigenvalue weighted by Crippen LogP contribution is -1.95. The first-order chi connectivity index (χ1) is 6.77. The maximum atomic E-state index is 5.95. The zero-order chi connectivity index (χ0) is 10.6. The normalized spacial score (nSPS) is 12.9. The number of aryl methyl sites for hydroxylation is 1. The van der Waals surface area contributed by atoms with Crippen LogP contribution in [0, 0.1) is 6.92 Å². The van der Waals surface area contributed by atoms with Gasteiger partial charge in [0.2, 0.25) is 0 Å². The predicted octanol–water partition coefficient (Wildman–Crippen LogP) is 3.48. The third kappa shape index (κ3) is 2.63. The molecule has 0 unspecified atom stereocenters. The molecule has 1 nitrogen and oxygen atoms in total. The smallest absolute Gasteiger partial charge is 0.0379 e. The molecular formula is C13H19N. The van der Waals surface area contributed by atoms with Crippen molar-refractivity contribution in [2.75, 3.05) is 0 Å². The minimum atomic E-state index is 0.999. The fourth-order valence-electron chi connectivity index (χ4n) is 1.35. The SMILES string of the molecule is CC.Cc1cccc(C(N)=C2CC2)c1. The van der Waals surface area contributed by atoms with Crippen molar-refractivity contribution in [1.82, 2.24) is 0 Å². The molecule has 1 aromatic carbocycles. The van der Waals surface area contributed by atoms with Crippen molar-refractivity contribution in [3.63, 3.8) is 0 Å². The van der Waals surface area contributed by atoms with Gasteiger partial charge in [-0.3, -0.25) is 0 Å². The Morgan fingerprint density at radius 1 is 1.21 bits per heavy atom. The van der Waals surface area contributed by atoms with Crippen molar-refractivity contribution in [2.45, 2.75) is 33.6 Å². The van der Waals surface area contributed by atoms with Gasteiger partial charge in [0.05, 0.1) is 0 Å². The lowest BCUT2D eigenvalue weighted by Gasteiger charge is -2.01. The van der Waals surface area contributed by atoms with Crippen LogP contribution in [0.4, 0.5) is 0 Å². The Bertz CT molecular complexity index is 331. The molecule has 0 radical (unpaired) electrons. The summed E-state index contributed by atoms with van der Waals surface area (Å²) >= 11 is 0. The van der Waals surface area contributed by atoms with Crippen LogP contribution < -0.4 is 5.73 Å². The van der Waals surface area contributed by atoms with Crippen molar-refractivity contribution in [2.24, 2.45) is 5.73 Å². The molecule has 76 valence electrons. The van der Waals surface area contributed by atoms with Crippen LogP contribution in [0.3, 0.4) is 0 Å². The van der Waals surface area contributed by atoms with E-state index in [1.807, 2.05) is 13.8 Å². The number of rotatable bonds is 1. The summed E-state index contributed by atoms with van der Waals surface area (Å²) in [5, 5.41) is 0. The fraction of sp³-hybridized carbons (Fsp3) is 0.385. The molecule has 0 bridgehead atoms. The molecule has 0 heterocycles. The summed E-state index contributed by atoms with van der Waals surface area (Å²) in [6.07, 6.45) is 2.39. The van der Waals surface area contributed by atoms with Gasteiger partial charge in [0.15, 0.2) is 0 Å². The number of hydrogen-bond donors (Lipinski definition) is 1. The second-order valence-corrected chi connectivity index (χ2v) is 3.39. The topological polar surface area (TPSA) is 26.0 Å². The minimum Gasteiger partial charge on any atom is -0.398 e. The molecule has 0 saturated heterocycles. The van der Waals surface area contributed by atoms with Crippen molar-refractivity contribution < 1.29 is 0 Å². The van der Waals surface area contributed by atoms with E-state index in [0.717, 1.165) is 5.70 Å². The molecule has 1 heteroatoms. The minimum absolute atomic E-state index is 0.999. The lowest BCUT2D eigenvalue weighted by molar-refractivity contribution is 1.41. The zero-order valence-electron chi connectivity index (χ0n) is 9.30. The van der Waals surface area contributed by atoms with Gasteiger partial charge in [0, 0.05) is 5.70 Å². The summed E-state index contributed by atoms with van der Waals surface area (Å²) in [6.45, 7) is 6.09. The van der Waals surface area contributed by atoms with Crippen LogP contribution in [0.5, 0.6) is 0 Å². The van der Waals surface area contributed by atoms with Crippen molar-refractivity contribution >= 4 is 5.70 Å². The first-order valence-corrected chi connectivity index (χ1v) is 5.32. The van der Waals surface area contributed by atoms with E-state index in [9.17, 15) is 0 Å². The molecule has 0 aliphatic heterocycles. The Hall–Kier alpha value is -1.24. The number of hydrogen-bond acceptors (Lipinski definition) is 1. The van der Waals surface area contributed by atoms with Crippen LogP contribution in [0.25, 0.3) is 5.70 Å². The van der Waals surface area contributed by atoms with Crippen LogP contribution in [-0.2, 0) is 0 Å². The quantitative estimate of drug-likeness (QED) is 0.719. The van der Waals surface area contributed by atoms with E-state index in [4.69, 9.17) is 5.73 Å². The first kappa shape index (κ1) is 10.8. The van der Waals surface area contributed by atoms with Gasteiger partial charge in [0.1, 0.15) is 0 Å². The molecule has 2 rings (SSSR count). The highest BCUT2D eigenvalue weighted by molar-refractivity contribution is 5.69. The van der Waals surface area contributed by atoms with Crippen molar-refractivity contribution in [1.29, 1.82) is 0 Å². The largest absolute Gasteiger partial charge is 0.398 e. The highest BCUT2D eigenvalue weighted by atomic mass is 14.6. The number of benzene rings is 1. The Kier molecular flexibility index (Phi) is 3.75. The Balaban J connectivity index is 0.000000461. The molecule has 1 aliphatic carbocycles. The van der Waals surface area contributed by atoms with E-state index in [2.05, 4.69) is 31.2 Å². The van der Waals surface area contributed by atoms with Gasteiger partial charge in [-0.2, -0.15) is 0 Å². The molecule has 1 aromatic rings. The van der Waals surface area contributed by atoms with Gasteiger partial charge >= 0.3 is 0 Å². The summed E-state index contributed by atoms with van der Waals surface area (Å²) in [5.41, 5.74) is 10.8. The standard InChI is InChI=1S/C11H13N.C2H6/c1-8-3-2-4-10(7-8)11(12)9-5-6-9;1-2/h2-4,7H,5-6,12H2,1H3;1-2H3. The predicted molar refractivity (Wildman–Crippen MR) is 62.9 cm³/mol. The van der Waals surface area contributed by atoms with E-state index in [-0.39, 0.29) is 0 Å². The van der Waals surface area contributed by atoms with Crippen LogP contribution in [-0.4, -0.2) is 0 Å². The molecule has 14 heavy (non-hydrogen) atoms. The maximum absolute atomic E-state index is 5.95. The third-order valence-electron chi connectivity index (χ3n) is 2.21. The maximum Gasteiger partial charge on any atom is 0.0379 e. The second-order valence-electron chi connectivity index (χ2n) is 3.39. The van der Waals surface area contributed by atoms with E-state index < -0.39 is 0 Å². The molecule has 0 spiro atoms. The first-order valence-electron chi connectivity index (χ1n) is 5.32. The lowest BCUT2D eigenvalue weighted by atomic mass is 10.1. The fourth-order valence-corrected chi connectivity index (χ4v) is 1.35. The van der Waals surface area contributed by atoms with E-state index in [1.165, 1.54) is 29.5 Å². The second kappa shape index (κ2) is 4.85. The summed E-state index contributed by atoms with van der Waals surface area (Å²) in [7, 11) is 0. The monoisotopic (exact) mass is 189 g/mol. The molecule has 1 aliphatic rings. The van der Waals surface area contributed by atoms with Gasteiger partial charge in [-0.1, -0.05) is 37.6 Å². The third-order valence-corrected chi connectivity index (χ3v) is 2.21. The molecule has 1 saturated carbocycles. The highest BCUT2D eigenvalue weighted by Crippen LogP contribution is 2.33. The van der Waals surface area contributed by atoms with Gasteiger partial charge in [-0.15, -0.1) is 0 Å². The summed E-state index contributed by atoms with van der Waals surface area (Å²) in [5.74, 6) is 0. The van der Waals surface area contributed by atoms with E-state index in [1.54, 1.807) is 0 Å². The molecule has 1 fully saturated rings. The van der Waals surface area contributed by atoms with Crippen molar-refractivity contribution in [3.05, 3.63) is 41.0 Å². The summed E-state index contributed by atoms with van der Waals surface area (Å²) < 4.78 is 0. The average Bonchev–Trinajstić information content (AvgIpc) is 3.03. The summed E-state index contributed by atoms with van der Waals surface area (Å²) in [6, 6.07) is 8.36. The molecule has 0 aromatic heterocycles. The molecular weight excluding hydrogens is 170 g/mol. The van der Waals surface area contributed by atoms with Crippen LogP contribution in [0.15, 0.2) is 29.8 Å². The Morgan fingerprint density at radius 3 is 2.36 bits per heavy atom. The molecule has 0 amide bonds. The average molecular weight is 189 g/mol. The zero-order valence-corrected chi connectivity index (χ0v) is 9.30. The van der Waals surface area contributed by atoms with Gasteiger partial charge in [0.25, 0.3) is 0 Å². The van der Waals surface area contributed by atoms with E-state index >= 15 is 0 Å². The van der Waals surface area contributed by atoms with Crippen LogP contribution in [0.1, 0.15) is 37.8 Å². The van der Waals surface area contributed by atoms with Crippen molar-refractivity contribution in [3.8, 4) is 0 Å². The van der Waals surface area contributed by atoms with Gasteiger partial charge in [-0.25, -0.2) is 0 Å². The van der Waals surface area contributed by atoms with E-state index in [0.29, 0.717) is 0 Å². The number of allylic oxidation sites excluding steroid dienone is 1.